The number of hydrogen-bond acceptors (Lipinski definition) is 6. The minimum absolute atomic E-state index is 0.0248. The largest absolute Gasteiger partial charge is 0.468 e. The molecule has 0 aromatic carbocycles. The minimum Gasteiger partial charge on any atom is -0.468 e. The number of aliphatic hydroxyl groups is 1. The average molecular weight is 290 g/mol. The van der Waals surface area contributed by atoms with Gasteiger partial charge in [0.2, 0.25) is 5.91 Å². The Kier molecular flexibility index (Phi) is 10.9. The first-order valence-electron chi connectivity index (χ1n) is 6.84. The van der Waals surface area contributed by atoms with Crippen molar-refractivity contribution in [2.24, 2.45) is 0 Å². The highest BCUT2D eigenvalue weighted by Gasteiger charge is 2.22. The van der Waals surface area contributed by atoms with E-state index in [9.17, 15) is 9.59 Å². The summed E-state index contributed by atoms with van der Waals surface area (Å²) in [6.07, 6.45) is 0.855. The van der Waals surface area contributed by atoms with E-state index >= 15 is 0 Å². The van der Waals surface area contributed by atoms with Gasteiger partial charge in [0.05, 0.1) is 33.4 Å². The maximum atomic E-state index is 11.8. The van der Waals surface area contributed by atoms with E-state index in [1.54, 1.807) is 0 Å². The molecule has 0 fully saturated rings. The predicted molar refractivity (Wildman–Crippen MR) is 74.2 cm³/mol. The molecule has 0 radical (unpaired) electrons. The van der Waals surface area contributed by atoms with Crippen molar-refractivity contribution in [3.63, 3.8) is 0 Å². The van der Waals surface area contributed by atoms with E-state index in [0.717, 1.165) is 6.42 Å². The summed E-state index contributed by atoms with van der Waals surface area (Å²) in [6.45, 7) is 4.83. The van der Waals surface area contributed by atoms with Crippen molar-refractivity contribution in [3.8, 4) is 0 Å². The summed E-state index contributed by atoms with van der Waals surface area (Å²) in [5.74, 6) is -0.676. The Balaban J connectivity index is 4.14. The van der Waals surface area contributed by atoms with Crippen LogP contribution in [0.2, 0.25) is 0 Å². The van der Waals surface area contributed by atoms with E-state index in [1.807, 2.05) is 13.8 Å². The number of nitrogens with one attached hydrogen (secondary N) is 2. The van der Waals surface area contributed by atoms with Gasteiger partial charge in [-0.05, 0) is 13.3 Å². The number of carbonyl (C=O) groups is 2. The van der Waals surface area contributed by atoms with E-state index in [1.165, 1.54) is 7.11 Å². The van der Waals surface area contributed by atoms with Crippen LogP contribution in [0.25, 0.3) is 0 Å². The number of amides is 1. The molecule has 2 unspecified atom stereocenters. The maximum Gasteiger partial charge on any atom is 0.323 e. The number of ether oxygens (including phenoxy) is 2. The zero-order valence-corrected chi connectivity index (χ0v) is 12.5. The van der Waals surface area contributed by atoms with Gasteiger partial charge in [-0.15, -0.1) is 0 Å². The standard InChI is InChI=1S/C13H26N2O5/c1-4-10(2)15-12(17)9-11(13(18)19-3)14-5-7-20-8-6-16/h10-11,14,16H,4-9H2,1-3H3,(H,15,17). The van der Waals surface area contributed by atoms with E-state index in [0.29, 0.717) is 13.2 Å². The molecule has 1 amide bonds. The van der Waals surface area contributed by atoms with Crippen molar-refractivity contribution in [1.29, 1.82) is 0 Å². The molecule has 2 atom stereocenters. The highest BCUT2D eigenvalue weighted by atomic mass is 16.5. The zero-order valence-electron chi connectivity index (χ0n) is 12.5. The van der Waals surface area contributed by atoms with Gasteiger partial charge in [-0.1, -0.05) is 6.92 Å². The van der Waals surface area contributed by atoms with Crippen molar-refractivity contribution < 1.29 is 24.2 Å². The molecule has 20 heavy (non-hydrogen) atoms. The summed E-state index contributed by atoms with van der Waals surface area (Å²) in [6, 6.07) is -0.615. The van der Waals surface area contributed by atoms with Gasteiger partial charge in [-0.25, -0.2) is 0 Å². The third kappa shape index (κ3) is 8.84. The van der Waals surface area contributed by atoms with Gasteiger partial charge >= 0.3 is 5.97 Å². The molecule has 7 heteroatoms. The average Bonchev–Trinajstić information content (AvgIpc) is 2.44. The lowest BCUT2D eigenvalue weighted by Gasteiger charge is -2.18. The summed E-state index contributed by atoms with van der Waals surface area (Å²) in [4.78, 5) is 23.3. The molecule has 0 saturated heterocycles. The van der Waals surface area contributed by atoms with Crippen LogP contribution in [0.15, 0.2) is 0 Å². The molecule has 0 spiro atoms. The van der Waals surface area contributed by atoms with Crippen LogP contribution in [-0.2, 0) is 19.1 Å². The smallest absolute Gasteiger partial charge is 0.323 e. The Morgan fingerprint density at radius 2 is 2.00 bits per heavy atom. The number of rotatable bonds is 11. The van der Waals surface area contributed by atoms with Crippen LogP contribution in [0.4, 0.5) is 0 Å². The number of esters is 1. The Bertz CT molecular complexity index is 286. The van der Waals surface area contributed by atoms with Crippen molar-refractivity contribution >= 4 is 11.9 Å². The highest BCUT2D eigenvalue weighted by molar-refractivity contribution is 5.85. The fourth-order valence-corrected chi connectivity index (χ4v) is 1.47. The summed E-state index contributed by atoms with van der Waals surface area (Å²) >= 11 is 0. The molecule has 0 rings (SSSR count). The fourth-order valence-electron chi connectivity index (χ4n) is 1.47. The Morgan fingerprint density at radius 3 is 2.55 bits per heavy atom. The van der Waals surface area contributed by atoms with Crippen LogP contribution in [0.3, 0.4) is 0 Å². The number of hydrogen-bond donors (Lipinski definition) is 3. The van der Waals surface area contributed by atoms with E-state index in [4.69, 9.17) is 9.84 Å². The third-order valence-corrected chi connectivity index (χ3v) is 2.77. The molecule has 0 heterocycles. The maximum absolute atomic E-state index is 11.8. The van der Waals surface area contributed by atoms with Gasteiger partial charge in [0.15, 0.2) is 0 Å². The lowest BCUT2D eigenvalue weighted by Crippen LogP contribution is -2.44. The topological polar surface area (TPSA) is 96.9 Å². The number of carbonyl (C=O) groups excluding carboxylic acids is 2. The fraction of sp³-hybridized carbons (Fsp3) is 0.846. The summed E-state index contributed by atoms with van der Waals surface area (Å²) in [7, 11) is 1.28. The molecule has 118 valence electrons. The second-order valence-electron chi connectivity index (χ2n) is 4.45. The molecule has 0 aromatic rings. The normalized spacial score (nSPS) is 13.6. The minimum atomic E-state index is -0.693. The Labute approximate surface area is 120 Å². The first kappa shape index (κ1) is 18.8. The highest BCUT2D eigenvalue weighted by Crippen LogP contribution is 1.97. The van der Waals surface area contributed by atoms with Crippen molar-refractivity contribution in [3.05, 3.63) is 0 Å². The lowest BCUT2D eigenvalue weighted by molar-refractivity contribution is -0.145. The van der Waals surface area contributed by atoms with Gasteiger partial charge < -0.3 is 25.2 Å². The predicted octanol–water partition coefficient (Wildman–Crippen LogP) is -0.569. The summed E-state index contributed by atoms with van der Waals surface area (Å²) < 4.78 is 9.73. The molecular weight excluding hydrogens is 264 g/mol. The second kappa shape index (κ2) is 11.6. The molecule has 0 aliphatic heterocycles. The first-order valence-corrected chi connectivity index (χ1v) is 6.84. The molecule has 0 saturated carbocycles. The number of aliphatic hydroxyl groups excluding tert-OH is 1. The van der Waals surface area contributed by atoms with E-state index in [-0.39, 0.29) is 31.6 Å². The van der Waals surface area contributed by atoms with Gasteiger partial charge in [0.25, 0.3) is 0 Å². The van der Waals surface area contributed by atoms with Crippen LogP contribution in [0, 0.1) is 0 Å². The quantitative estimate of drug-likeness (QED) is 0.348. The van der Waals surface area contributed by atoms with Gasteiger partial charge in [-0.3, -0.25) is 9.59 Å². The molecule has 0 aliphatic carbocycles. The SMILES string of the molecule is CCC(C)NC(=O)CC(NCCOCCO)C(=O)OC. The van der Waals surface area contributed by atoms with E-state index < -0.39 is 12.0 Å². The Morgan fingerprint density at radius 1 is 1.30 bits per heavy atom. The van der Waals surface area contributed by atoms with E-state index in [2.05, 4.69) is 15.4 Å². The van der Waals surface area contributed by atoms with Gasteiger partial charge in [0.1, 0.15) is 6.04 Å². The van der Waals surface area contributed by atoms with Crippen molar-refractivity contribution in [1.82, 2.24) is 10.6 Å². The van der Waals surface area contributed by atoms with Crippen LogP contribution in [-0.4, -0.2) is 62.5 Å². The number of methoxy groups -OCH3 is 1. The monoisotopic (exact) mass is 290 g/mol. The molecule has 7 nitrogen and oxygen atoms in total. The van der Waals surface area contributed by atoms with Crippen LogP contribution in [0.5, 0.6) is 0 Å². The van der Waals surface area contributed by atoms with Crippen molar-refractivity contribution in [2.45, 2.75) is 38.8 Å². The Hall–Kier alpha value is -1.18. The summed E-state index contributed by atoms with van der Waals surface area (Å²) in [5.41, 5.74) is 0. The van der Waals surface area contributed by atoms with Crippen LogP contribution >= 0.6 is 0 Å². The molecule has 3 N–H and O–H groups in total. The molecule has 0 aromatic heterocycles. The molecular formula is C13H26N2O5. The van der Waals surface area contributed by atoms with Crippen LogP contribution in [0.1, 0.15) is 26.7 Å². The van der Waals surface area contributed by atoms with Crippen molar-refractivity contribution in [2.75, 3.05) is 33.5 Å². The second-order valence-corrected chi connectivity index (χ2v) is 4.45. The van der Waals surface area contributed by atoms with Crippen LogP contribution < -0.4 is 10.6 Å². The summed E-state index contributed by atoms with van der Waals surface area (Å²) in [5, 5.41) is 14.3. The van der Waals surface area contributed by atoms with Gasteiger partial charge in [-0.2, -0.15) is 0 Å². The lowest BCUT2D eigenvalue weighted by atomic mass is 10.1. The zero-order chi connectivity index (χ0) is 15.4. The molecule has 0 bridgehead atoms. The molecule has 0 aliphatic rings. The van der Waals surface area contributed by atoms with Gasteiger partial charge in [0, 0.05) is 12.6 Å². The first-order chi connectivity index (χ1) is 9.54. The third-order valence-electron chi connectivity index (χ3n) is 2.77.